The van der Waals surface area contributed by atoms with Crippen molar-refractivity contribution in [2.75, 3.05) is 26.2 Å². The van der Waals surface area contributed by atoms with E-state index in [1.807, 2.05) is 45.0 Å². The molecule has 4 N–H and O–H groups in total. The molecule has 7 nitrogen and oxygen atoms in total. The van der Waals surface area contributed by atoms with Gasteiger partial charge in [-0.2, -0.15) is 0 Å². The molecule has 1 aromatic rings. The van der Waals surface area contributed by atoms with Crippen molar-refractivity contribution in [3.8, 4) is 5.75 Å². The number of aliphatic imine (C=N–C) groups is 1. The number of hydrogen-bond donors (Lipinski definition) is 4. The molecule has 2 rings (SSSR count). The molecule has 0 heterocycles. The molecule has 1 atom stereocenters. The van der Waals surface area contributed by atoms with Crippen LogP contribution in [-0.4, -0.2) is 49.3 Å². The highest BCUT2D eigenvalue weighted by Crippen LogP contribution is 2.27. The first kappa shape index (κ1) is 27.5. The van der Waals surface area contributed by atoms with Gasteiger partial charge in [0.25, 0.3) is 0 Å². The maximum atomic E-state index is 12.0. The summed E-state index contributed by atoms with van der Waals surface area (Å²) in [6, 6.07) is 7.44. The van der Waals surface area contributed by atoms with E-state index in [-0.39, 0.29) is 42.5 Å². The molecule has 176 valence electrons. The van der Waals surface area contributed by atoms with E-state index < -0.39 is 6.10 Å². The molecule has 1 aliphatic rings. The minimum Gasteiger partial charge on any atom is -0.491 e. The zero-order valence-electron chi connectivity index (χ0n) is 19.0. The van der Waals surface area contributed by atoms with Gasteiger partial charge in [-0.1, -0.05) is 25.0 Å². The quantitative estimate of drug-likeness (QED) is 0.148. The second-order valence-corrected chi connectivity index (χ2v) is 8.10. The van der Waals surface area contributed by atoms with Crippen LogP contribution in [0.4, 0.5) is 0 Å². The van der Waals surface area contributed by atoms with Gasteiger partial charge < -0.3 is 25.8 Å². The first-order valence-corrected chi connectivity index (χ1v) is 11.2. The number of nitrogens with one attached hydrogen (secondary N) is 3. The highest BCUT2D eigenvalue weighted by atomic mass is 127. The summed E-state index contributed by atoms with van der Waals surface area (Å²) in [5.41, 5.74) is 0.796. The second kappa shape index (κ2) is 15.3. The third kappa shape index (κ3) is 11.0. The lowest BCUT2D eigenvalue weighted by Crippen LogP contribution is -2.41. The number of aliphatic hydroxyl groups is 1. The number of nitrogens with zero attached hydrogens (tertiary/aromatic N) is 1. The van der Waals surface area contributed by atoms with E-state index in [2.05, 4.69) is 20.9 Å². The van der Waals surface area contributed by atoms with E-state index in [4.69, 9.17) is 4.74 Å². The van der Waals surface area contributed by atoms with E-state index in [1.165, 1.54) is 25.7 Å². The Hall–Kier alpha value is -1.55. The molecule has 0 bridgehead atoms. The first-order valence-electron chi connectivity index (χ1n) is 11.2. The molecule has 8 heteroatoms. The maximum absolute atomic E-state index is 12.0. The molecule has 0 radical (unpaired) electrons. The third-order valence-electron chi connectivity index (χ3n) is 5.09. The molecular weight excluding hydrogens is 507 g/mol. The number of hydrogen-bond acceptors (Lipinski definition) is 4. The number of halogens is 1. The van der Waals surface area contributed by atoms with Crippen LogP contribution in [0.2, 0.25) is 0 Å². The van der Waals surface area contributed by atoms with Crippen molar-refractivity contribution < 1.29 is 14.6 Å². The topological polar surface area (TPSA) is 95.0 Å². The predicted octanol–water partition coefficient (Wildman–Crippen LogP) is 3.38. The Kier molecular flexibility index (Phi) is 13.6. The van der Waals surface area contributed by atoms with Crippen LogP contribution in [-0.2, 0) is 4.79 Å². The van der Waals surface area contributed by atoms with Crippen LogP contribution in [0, 0.1) is 5.92 Å². The molecule has 0 spiro atoms. The van der Waals surface area contributed by atoms with Crippen LogP contribution < -0.4 is 20.7 Å². The summed E-state index contributed by atoms with van der Waals surface area (Å²) in [4.78, 5) is 16.5. The van der Waals surface area contributed by atoms with Crippen molar-refractivity contribution in [3.63, 3.8) is 0 Å². The van der Waals surface area contributed by atoms with Crippen molar-refractivity contribution in [2.24, 2.45) is 10.9 Å². The van der Waals surface area contributed by atoms with Gasteiger partial charge in [0.1, 0.15) is 5.75 Å². The smallest absolute Gasteiger partial charge is 0.220 e. The minimum atomic E-state index is -0.695. The van der Waals surface area contributed by atoms with Gasteiger partial charge >= 0.3 is 0 Å². The molecule has 0 saturated heterocycles. The molecule has 1 fully saturated rings. The maximum Gasteiger partial charge on any atom is 0.220 e. The lowest BCUT2D eigenvalue weighted by Gasteiger charge is -2.15. The summed E-state index contributed by atoms with van der Waals surface area (Å²) in [5.74, 6) is 2.10. The zero-order chi connectivity index (χ0) is 21.8. The highest BCUT2D eigenvalue weighted by Gasteiger charge is 2.18. The Bertz CT molecular complexity index is 661. The number of amides is 1. The van der Waals surface area contributed by atoms with Crippen molar-refractivity contribution >= 4 is 35.8 Å². The molecule has 1 aromatic carbocycles. The summed E-state index contributed by atoms with van der Waals surface area (Å²) in [7, 11) is 0. The van der Waals surface area contributed by atoms with E-state index in [0.29, 0.717) is 31.4 Å². The van der Waals surface area contributed by atoms with Crippen molar-refractivity contribution in [1.82, 2.24) is 16.0 Å². The van der Waals surface area contributed by atoms with Crippen molar-refractivity contribution in [2.45, 2.75) is 65.1 Å². The average Bonchev–Trinajstić information content (AvgIpc) is 3.22. The van der Waals surface area contributed by atoms with Gasteiger partial charge in [0.05, 0.1) is 18.8 Å². The van der Waals surface area contributed by atoms with Gasteiger partial charge in [-0.05, 0) is 57.2 Å². The Balaban J connectivity index is 0.00000480. The molecule has 0 aromatic heterocycles. The van der Waals surface area contributed by atoms with Gasteiger partial charge in [0, 0.05) is 26.1 Å². The highest BCUT2D eigenvalue weighted by molar-refractivity contribution is 14.0. The monoisotopic (exact) mass is 546 g/mol. The summed E-state index contributed by atoms with van der Waals surface area (Å²) in [6.07, 6.45) is 4.93. The largest absolute Gasteiger partial charge is 0.491 e. The van der Waals surface area contributed by atoms with Crippen LogP contribution >= 0.6 is 24.0 Å². The minimum absolute atomic E-state index is 0. The molecular formula is C23H39IN4O3. The molecule has 0 aliphatic heterocycles. The van der Waals surface area contributed by atoms with E-state index in [9.17, 15) is 9.90 Å². The Morgan fingerprint density at radius 3 is 2.39 bits per heavy atom. The van der Waals surface area contributed by atoms with E-state index in [0.717, 1.165) is 17.9 Å². The van der Waals surface area contributed by atoms with Crippen LogP contribution in [0.25, 0.3) is 0 Å². The summed E-state index contributed by atoms with van der Waals surface area (Å²) >= 11 is 0. The lowest BCUT2D eigenvalue weighted by atomic mass is 10.0. The van der Waals surface area contributed by atoms with Crippen LogP contribution in [0.15, 0.2) is 29.3 Å². The summed E-state index contributed by atoms with van der Waals surface area (Å²) in [5, 5.41) is 19.8. The summed E-state index contributed by atoms with van der Waals surface area (Å²) in [6.45, 7) is 8.05. The zero-order valence-corrected chi connectivity index (χ0v) is 21.4. The Morgan fingerprint density at radius 2 is 1.77 bits per heavy atom. The fraction of sp³-hybridized carbons (Fsp3) is 0.652. The Labute approximate surface area is 203 Å². The van der Waals surface area contributed by atoms with Crippen molar-refractivity contribution in [1.29, 1.82) is 0 Å². The average molecular weight is 546 g/mol. The summed E-state index contributed by atoms with van der Waals surface area (Å²) < 4.78 is 5.63. The normalized spacial score (nSPS) is 15.3. The molecule has 1 aliphatic carbocycles. The number of carbonyl (C=O) groups excluding carboxylic acids is 1. The predicted molar refractivity (Wildman–Crippen MR) is 136 cm³/mol. The third-order valence-corrected chi connectivity index (χ3v) is 5.09. The van der Waals surface area contributed by atoms with Crippen LogP contribution in [0.5, 0.6) is 5.75 Å². The fourth-order valence-electron chi connectivity index (χ4n) is 3.60. The van der Waals surface area contributed by atoms with Gasteiger partial charge in [0.15, 0.2) is 5.96 Å². The number of carbonyl (C=O) groups is 1. The Morgan fingerprint density at radius 1 is 1.13 bits per heavy atom. The lowest BCUT2D eigenvalue weighted by molar-refractivity contribution is -0.121. The van der Waals surface area contributed by atoms with Gasteiger partial charge in [-0.25, -0.2) is 0 Å². The van der Waals surface area contributed by atoms with Gasteiger partial charge in [-0.3, -0.25) is 9.79 Å². The molecule has 31 heavy (non-hydrogen) atoms. The van der Waals surface area contributed by atoms with E-state index >= 15 is 0 Å². The molecule has 1 saturated carbocycles. The fourth-order valence-corrected chi connectivity index (χ4v) is 3.60. The first-order chi connectivity index (χ1) is 14.5. The van der Waals surface area contributed by atoms with Crippen LogP contribution in [0.3, 0.4) is 0 Å². The molecule has 1 unspecified atom stereocenters. The van der Waals surface area contributed by atoms with Crippen molar-refractivity contribution in [3.05, 3.63) is 29.8 Å². The van der Waals surface area contributed by atoms with Gasteiger partial charge in [-0.15, -0.1) is 24.0 Å². The second-order valence-electron chi connectivity index (χ2n) is 8.10. The SMILES string of the molecule is CCNC(=NCC(O)c1ccc(OC(C)C)cc1)NCCNC(=O)CC1CCCC1.I. The number of ether oxygens (including phenoxy) is 1. The standard InChI is InChI=1S/C23H38N4O3.HI/c1-4-24-23(26-14-13-25-22(29)15-18-7-5-6-8-18)27-16-21(28)19-9-11-20(12-10-19)30-17(2)3;/h9-12,17-18,21,28H,4-8,13-16H2,1-3H3,(H,25,29)(H2,24,26,27);1H. The number of aliphatic hydroxyl groups excluding tert-OH is 1. The van der Waals surface area contributed by atoms with Crippen LogP contribution in [0.1, 0.15) is 64.5 Å². The van der Waals surface area contributed by atoms with Gasteiger partial charge in [0.2, 0.25) is 5.91 Å². The number of guanidine groups is 1. The number of rotatable bonds is 11. The van der Waals surface area contributed by atoms with E-state index in [1.54, 1.807) is 0 Å². The molecule has 1 amide bonds. The number of benzene rings is 1.